The molecule has 1 unspecified atom stereocenters. The van der Waals surface area contributed by atoms with Gasteiger partial charge in [0.25, 0.3) is 0 Å². The van der Waals surface area contributed by atoms with Gasteiger partial charge in [-0.1, -0.05) is 0 Å². The molecule has 1 heterocycles. The Morgan fingerprint density at radius 2 is 2.00 bits per heavy atom. The largest absolute Gasteiger partial charge is 0.354 e. The van der Waals surface area contributed by atoms with Gasteiger partial charge in [-0.2, -0.15) is 0 Å². The van der Waals surface area contributed by atoms with Crippen molar-refractivity contribution in [3.63, 3.8) is 0 Å². The fourth-order valence-corrected chi connectivity index (χ4v) is 2.05. The Labute approximate surface area is 103 Å². The Morgan fingerprint density at radius 1 is 1.35 bits per heavy atom. The van der Waals surface area contributed by atoms with Crippen LogP contribution in [-0.4, -0.2) is 55.0 Å². The number of carbonyl (C=O) groups is 2. The Hall–Kier alpha value is -1.26. The van der Waals surface area contributed by atoms with Gasteiger partial charge in [-0.15, -0.1) is 0 Å². The number of rotatable bonds is 2. The second kappa shape index (κ2) is 5.89. The fraction of sp³-hybridized carbons (Fsp3) is 0.833. The molecule has 1 aliphatic rings. The van der Waals surface area contributed by atoms with E-state index in [-0.39, 0.29) is 23.9 Å². The summed E-state index contributed by atoms with van der Waals surface area (Å²) in [6, 6.07) is 0.148. The van der Waals surface area contributed by atoms with Crippen LogP contribution in [0.1, 0.15) is 26.7 Å². The first-order chi connectivity index (χ1) is 7.91. The van der Waals surface area contributed by atoms with E-state index >= 15 is 0 Å². The van der Waals surface area contributed by atoms with Gasteiger partial charge in [0, 0.05) is 33.2 Å². The Kier molecular flexibility index (Phi) is 4.78. The minimum atomic E-state index is -0.0601. The molecular formula is C12H23N3O2. The predicted molar refractivity (Wildman–Crippen MR) is 66.7 cm³/mol. The first-order valence-corrected chi connectivity index (χ1v) is 6.18. The molecule has 0 spiro atoms. The van der Waals surface area contributed by atoms with Crippen molar-refractivity contribution in [2.24, 2.45) is 5.92 Å². The average molecular weight is 241 g/mol. The lowest BCUT2D eigenvalue weighted by Crippen LogP contribution is -2.49. The summed E-state index contributed by atoms with van der Waals surface area (Å²) in [7, 11) is 3.47. The highest BCUT2D eigenvalue weighted by Gasteiger charge is 2.29. The quantitative estimate of drug-likeness (QED) is 0.781. The summed E-state index contributed by atoms with van der Waals surface area (Å²) in [4.78, 5) is 27.0. The zero-order valence-corrected chi connectivity index (χ0v) is 11.2. The first-order valence-electron chi connectivity index (χ1n) is 6.18. The van der Waals surface area contributed by atoms with Crippen molar-refractivity contribution in [3.8, 4) is 0 Å². The molecule has 3 amide bonds. The van der Waals surface area contributed by atoms with Gasteiger partial charge in [0.15, 0.2) is 0 Å². The van der Waals surface area contributed by atoms with Gasteiger partial charge in [-0.3, -0.25) is 4.79 Å². The van der Waals surface area contributed by atoms with Gasteiger partial charge < -0.3 is 15.1 Å². The van der Waals surface area contributed by atoms with Crippen LogP contribution in [0.25, 0.3) is 0 Å². The van der Waals surface area contributed by atoms with E-state index in [0.29, 0.717) is 6.54 Å². The molecule has 0 aromatic carbocycles. The molecule has 5 nitrogen and oxygen atoms in total. The molecule has 5 heteroatoms. The molecule has 0 saturated carbocycles. The smallest absolute Gasteiger partial charge is 0.319 e. The Morgan fingerprint density at radius 3 is 2.53 bits per heavy atom. The zero-order chi connectivity index (χ0) is 13.0. The molecule has 0 bridgehead atoms. The van der Waals surface area contributed by atoms with Crippen molar-refractivity contribution in [1.29, 1.82) is 0 Å². The van der Waals surface area contributed by atoms with Gasteiger partial charge in [0.1, 0.15) is 0 Å². The van der Waals surface area contributed by atoms with E-state index in [2.05, 4.69) is 5.32 Å². The standard InChI is InChI=1S/C12H23N3O2/c1-9(2)13-11(16)10-6-5-7-15(8-10)12(17)14(3)4/h9-10H,5-8H2,1-4H3,(H,13,16). The molecule has 98 valence electrons. The number of hydrogen-bond acceptors (Lipinski definition) is 2. The summed E-state index contributed by atoms with van der Waals surface area (Å²) >= 11 is 0. The highest BCUT2D eigenvalue weighted by Crippen LogP contribution is 2.17. The van der Waals surface area contributed by atoms with Crippen LogP contribution in [0.3, 0.4) is 0 Å². The van der Waals surface area contributed by atoms with Gasteiger partial charge in [0.2, 0.25) is 5.91 Å². The van der Waals surface area contributed by atoms with Crippen LogP contribution in [0.2, 0.25) is 0 Å². The zero-order valence-electron chi connectivity index (χ0n) is 11.2. The predicted octanol–water partition coefficient (Wildman–Crippen LogP) is 0.905. The van der Waals surface area contributed by atoms with E-state index in [1.807, 2.05) is 13.8 Å². The first kappa shape index (κ1) is 13.8. The van der Waals surface area contributed by atoms with Gasteiger partial charge in [-0.05, 0) is 26.7 Å². The summed E-state index contributed by atoms with van der Waals surface area (Å²) in [5.41, 5.74) is 0. The molecule has 1 N–H and O–H groups in total. The summed E-state index contributed by atoms with van der Waals surface area (Å²) < 4.78 is 0. The van der Waals surface area contributed by atoms with Crippen molar-refractivity contribution in [2.45, 2.75) is 32.7 Å². The molecule has 0 aromatic heterocycles. The maximum absolute atomic E-state index is 11.9. The lowest BCUT2D eigenvalue weighted by molar-refractivity contribution is -0.126. The molecular weight excluding hydrogens is 218 g/mol. The molecule has 0 aromatic rings. The molecule has 0 aliphatic carbocycles. The molecule has 1 rings (SSSR count). The molecule has 17 heavy (non-hydrogen) atoms. The third kappa shape index (κ3) is 3.91. The van der Waals surface area contributed by atoms with Crippen molar-refractivity contribution >= 4 is 11.9 Å². The minimum absolute atomic E-state index is 0.00736. The average Bonchev–Trinajstić information content (AvgIpc) is 2.27. The van der Waals surface area contributed by atoms with Gasteiger partial charge >= 0.3 is 6.03 Å². The van der Waals surface area contributed by atoms with Crippen LogP contribution in [0, 0.1) is 5.92 Å². The van der Waals surface area contributed by atoms with E-state index in [9.17, 15) is 9.59 Å². The van der Waals surface area contributed by atoms with E-state index < -0.39 is 0 Å². The van der Waals surface area contributed by atoms with E-state index in [1.165, 1.54) is 0 Å². The molecule has 1 fully saturated rings. The number of piperidine rings is 1. The Balaban J connectivity index is 2.54. The SMILES string of the molecule is CC(C)NC(=O)C1CCCN(C(=O)N(C)C)C1. The van der Waals surface area contributed by atoms with Crippen molar-refractivity contribution in [1.82, 2.24) is 15.1 Å². The number of amides is 3. The highest BCUT2D eigenvalue weighted by atomic mass is 16.2. The van der Waals surface area contributed by atoms with Crippen LogP contribution >= 0.6 is 0 Å². The molecule has 0 radical (unpaired) electrons. The third-order valence-corrected chi connectivity index (χ3v) is 2.88. The number of nitrogens with zero attached hydrogens (tertiary/aromatic N) is 2. The number of likely N-dealkylation sites (tertiary alicyclic amines) is 1. The van der Waals surface area contributed by atoms with Gasteiger partial charge in [-0.25, -0.2) is 4.79 Å². The third-order valence-electron chi connectivity index (χ3n) is 2.88. The summed E-state index contributed by atoms with van der Waals surface area (Å²) in [6.07, 6.45) is 1.77. The summed E-state index contributed by atoms with van der Waals surface area (Å²) in [5, 5.41) is 2.91. The highest BCUT2D eigenvalue weighted by molar-refractivity contribution is 5.80. The maximum Gasteiger partial charge on any atom is 0.319 e. The van der Waals surface area contributed by atoms with Crippen LogP contribution in [0.4, 0.5) is 4.79 Å². The van der Waals surface area contributed by atoms with Crippen LogP contribution in [0.5, 0.6) is 0 Å². The second-order valence-corrected chi connectivity index (χ2v) is 5.13. The monoisotopic (exact) mass is 241 g/mol. The van der Waals surface area contributed by atoms with Crippen LogP contribution in [0.15, 0.2) is 0 Å². The van der Waals surface area contributed by atoms with Crippen molar-refractivity contribution in [3.05, 3.63) is 0 Å². The second-order valence-electron chi connectivity index (χ2n) is 5.13. The Bertz CT molecular complexity index is 289. The lowest BCUT2D eigenvalue weighted by Gasteiger charge is -2.34. The topological polar surface area (TPSA) is 52.7 Å². The summed E-state index contributed by atoms with van der Waals surface area (Å²) in [6.45, 7) is 5.19. The van der Waals surface area contributed by atoms with E-state index in [1.54, 1.807) is 23.9 Å². The maximum atomic E-state index is 11.9. The lowest BCUT2D eigenvalue weighted by atomic mass is 9.97. The molecule has 1 saturated heterocycles. The van der Waals surface area contributed by atoms with Crippen LogP contribution in [-0.2, 0) is 4.79 Å². The number of nitrogens with one attached hydrogen (secondary N) is 1. The summed E-state index contributed by atoms with van der Waals surface area (Å²) in [5.74, 6) is 0.00584. The van der Waals surface area contributed by atoms with E-state index in [0.717, 1.165) is 19.4 Å². The minimum Gasteiger partial charge on any atom is -0.354 e. The molecule has 1 atom stereocenters. The van der Waals surface area contributed by atoms with Gasteiger partial charge in [0.05, 0.1) is 5.92 Å². The van der Waals surface area contributed by atoms with E-state index in [4.69, 9.17) is 0 Å². The number of carbonyl (C=O) groups excluding carboxylic acids is 2. The van der Waals surface area contributed by atoms with Crippen molar-refractivity contribution in [2.75, 3.05) is 27.2 Å². The normalized spacial score (nSPS) is 20.3. The fourth-order valence-electron chi connectivity index (χ4n) is 2.05. The van der Waals surface area contributed by atoms with Crippen molar-refractivity contribution < 1.29 is 9.59 Å². The number of urea groups is 1. The van der Waals surface area contributed by atoms with Crippen LogP contribution < -0.4 is 5.32 Å². The number of hydrogen-bond donors (Lipinski definition) is 1. The molecule has 1 aliphatic heterocycles.